The van der Waals surface area contributed by atoms with Gasteiger partial charge in [-0.15, -0.1) is 0 Å². The van der Waals surface area contributed by atoms with Crippen molar-refractivity contribution in [2.24, 2.45) is 0 Å². The number of allylic oxidation sites excluding steroid dienone is 2. The molecule has 1 heterocycles. The third-order valence-corrected chi connectivity index (χ3v) is 11.9. The minimum absolute atomic E-state index is 0.207. The number of cyclic esters (lactones) is 1. The van der Waals surface area contributed by atoms with E-state index < -0.39 is 17.7 Å². The third-order valence-electron chi connectivity index (χ3n) is 11.9. The van der Waals surface area contributed by atoms with Gasteiger partial charge in [0.05, 0.1) is 5.57 Å². The summed E-state index contributed by atoms with van der Waals surface area (Å²) in [6, 6.07) is 0. The Morgan fingerprint density at radius 2 is 0.731 bits per heavy atom. The molecule has 52 heavy (non-hydrogen) atoms. The fraction of sp³-hybridized carbons (Fsp3) is 0.898. The van der Waals surface area contributed by atoms with E-state index in [9.17, 15) is 9.90 Å². The Hall–Kier alpha value is -1.09. The molecule has 3 heteroatoms. The van der Waals surface area contributed by atoms with Gasteiger partial charge in [-0.25, -0.2) is 4.79 Å². The second-order valence-corrected chi connectivity index (χ2v) is 17.2. The Morgan fingerprint density at radius 3 is 0.981 bits per heavy atom. The Morgan fingerprint density at radius 1 is 0.481 bits per heavy atom. The van der Waals surface area contributed by atoms with E-state index in [4.69, 9.17) is 4.74 Å². The van der Waals surface area contributed by atoms with Crippen LogP contribution in [0, 0.1) is 0 Å². The van der Waals surface area contributed by atoms with Gasteiger partial charge < -0.3 is 9.84 Å². The molecular weight excluding hydrogens is 637 g/mol. The molecule has 1 rings (SSSR count). The zero-order valence-corrected chi connectivity index (χ0v) is 35.5. The molecule has 0 spiro atoms. The quantitative estimate of drug-likeness (QED) is 0.0295. The third kappa shape index (κ3) is 29.3. The van der Waals surface area contributed by atoms with Crippen LogP contribution in [0.25, 0.3) is 0 Å². The molecule has 1 aliphatic heterocycles. The maximum Gasteiger partial charge on any atom is 0.336 e. The number of carbonyl (C=O) groups is 1. The summed E-state index contributed by atoms with van der Waals surface area (Å²) in [5.41, 5.74) is -0.560. The SMILES string of the molecule is C=C1C(=O)O[C@](C)(CCCCCCCCCCCCCCCCCCCCCCCCCCCCCCC/C=C/CCCCCCCCCC)C1O. The lowest BCUT2D eigenvalue weighted by Crippen LogP contribution is -2.36. The van der Waals surface area contributed by atoms with E-state index in [1.54, 1.807) is 0 Å². The maximum absolute atomic E-state index is 11.6. The number of aliphatic hydroxyl groups excluding tert-OH is 1. The molecule has 306 valence electrons. The summed E-state index contributed by atoms with van der Waals surface area (Å²) >= 11 is 0. The highest BCUT2D eigenvalue weighted by molar-refractivity contribution is 5.92. The Labute approximate surface area is 326 Å². The van der Waals surface area contributed by atoms with Crippen LogP contribution in [0.5, 0.6) is 0 Å². The maximum atomic E-state index is 11.6. The zero-order chi connectivity index (χ0) is 37.6. The molecule has 0 saturated carbocycles. The molecule has 2 atom stereocenters. The first-order valence-corrected chi connectivity index (χ1v) is 23.8. The number of aliphatic hydroxyl groups is 1. The molecule has 0 aromatic heterocycles. The van der Waals surface area contributed by atoms with Crippen molar-refractivity contribution in [3.05, 3.63) is 24.3 Å². The molecule has 1 aliphatic rings. The van der Waals surface area contributed by atoms with Crippen LogP contribution in [-0.2, 0) is 9.53 Å². The first-order chi connectivity index (χ1) is 25.5. The Bertz CT molecular complexity index is 817. The van der Waals surface area contributed by atoms with Gasteiger partial charge >= 0.3 is 5.97 Å². The van der Waals surface area contributed by atoms with Crippen LogP contribution < -0.4 is 0 Å². The van der Waals surface area contributed by atoms with Crippen LogP contribution in [0.2, 0.25) is 0 Å². The highest BCUT2D eigenvalue weighted by Gasteiger charge is 2.47. The number of esters is 1. The first kappa shape index (κ1) is 48.9. The van der Waals surface area contributed by atoms with Gasteiger partial charge in [0, 0.05) is 0 Å². The molecule has 0 amide bonds. The van der Waals surface area contributed by atoms with Crippen molar-refractivity contribution in [1.29, 1.82) is 0 Å². The monoisotopic (exact) mass is 729 g/mol. The van der Waals surface area contributed by atoms with E-state index in [0.29, 0.717) is 0 Å². The summed E-state index contributed by atoms with van der Waals surface area (Å²) in [5, 5.41) is 10.2. The Kier molecular flexibility index (Phi) is 34.7. The van der Waals surface area contributed by atoms with Gasteiger partial charge in [0.15, 0.2) is 0 Å². The van der Waals surface area contributed by atoms with Gasteiger partial charge in [-0.2, -0.15) is 0 Å². The van der Waals surface area contributed by atoms with Gasteiger partial charge in [0.1, 0.15) is 11.7 Å². The van der Waals surface area contributed by atoms with Crippen LogP contribution in [-0.4, -0.2) is 22.8 Å². The minimum atomic E-state index is -0.850. The van der Waals surface area contributed by atoms with Gasteiger partial charge in [0.2, 0.25) is 0 Å². The fourth-order valence-electron chi connectivity index (χ4n) is 8.14. The highest BCUT2D eigenvalue weighted by atomic mass is 16.6. The molecule has 0 aromatic carbocycles. The average Bonchev–Trinajstić information content (AvgIpc) is 3.33. The number of ether oxygens (including phenoxy) is 1. The molecule has 1 N–H and O–H groups in total. The van der Waals surface area contributed by atoms with Crippen molar-refractivity contribution >= 4 is 5.97 Å². The number of carbonyl (C=O) groups excluding carboxylic acids is 1. The fourth-order valence-corrected chi connectivity index (χ4v) is 8.14. The molecule has 1 saturated heterocycles. The van der Waals surface area contributed by atoms with E-state index in [2.05, 4.69) is 25.7 Å². The van der Waals surface area contributed by atoms with Gasteiger partial charge in [-0.05, 0) is 45.4 Å². The molecular formula is C49H92O3. The van der Waals surface area contributed by atoms with Crippen LogP contribution in [0.3, 0.4) is 0 Å². The smallest absolute Gasteiger partial charge is 0.336 e. The number of hydrogen-bond acceptors (Lipinski definition) is 3. The molecule has 1 unspecified atom stereocenters. The summed E-state index contributed by atoms with van der Waals surface area (Å²) in [6.07, 6.45) is 59.5. The van der Waals surface area contributed by atoms with E-state index in [0.717, 1.165) is 19.3 Å². The lowest BCUT2D eigenvalue weighted by molar-refractivity contribution is -0.149. The average molecular weight is 729 g/mol. The second kappa shape index (κ2) is 36.9. The molecule has 0 aliphatic carbocycles. The molecule has 0 bridgehead atoms. The van der Waals surface area contributed by atoms with Gasteiger partial charge in [0.25, 0.3) is 0 Å². The van der Waals surface area contributed by atoms with Crippen molar-refractivity contribution in [2.75, 3.05) is 0 Å². The molecule has 0 aromatic rings. The first-order valence-electron chi connectivity index (χ1n) is 23.8. The summed E-state index contributed by atoms with van der Waals surface area (Å²) in [4.78, 5) is 11.6. The summed E-state index contributed by atoms with van der Waals surface area (Å²) in [7, 11) is 0. The van der Waals surface area contributed by atoms with Crippen LogP contribution in [0.1, 0.15) is 271 Å². The minimum Gasteiger partial charge on any atom is -0.453 e. The normalized spacial score (nSPS) is 17.6. The number of unbranched alkanes of at least 4 members (excludes halogenated alkanes) is 37. The van der Waals surface area contributed by atoms with Crippen molar-refractivity contribution in [2.45, 2.75) is 282 Å². The lowest BCUT2D eigenvalue weighted by atomic mass is 9.90. The van der Waals surface area contributed by atoms with E-state index in [1.165, 1.54) is 238 Å². The molecule has 3 nitrogen and oxygen atoms in total. The van der Waals surface area contributed by atoms with Crippen LogP contribution in [0.4, 0.5) is 0 Å². The van der Waals surface area contributed by atoms with Crippen molar-refractivity contribution < 1.29 is 14.6 Å². The van der Waals surface area contributed by atoms with Gasteiger partial charge in [-0.3, -0.25) is 0 Å². The largest absolute Gasteiger partial charge is 0.453 e. The van der Waals surface area contributed by atoms with Crippen LogP contribution in [0.15, 0.2) is 24.3 Å². The van der Waals surface area contributed by atoms with Crippen molar-refractivity contribution in [1.82, 2.24) is 0 Å². The predicted octanol–water partition coefficient (Wildman–Crippen LogP) is 16.4. The second-order valence-electron chi connectivity index (χ2n) is 17.2. The summed E-state index contributed by atoms with van der Waals surface area (Å²) < 4.78 is 5.36. The molecule has 0 radical (unpaired) electrons. The number of rotatable bonds is 41. The highest BCUT2D eigenvalue weighted by Crippen LogP contribution is 2.34. The standard InChI is InChI=1S/C49H92O3/c1-4-5-6-7-8-9-10-11-12-13-14-15-16-17-18-19-20-21-22-23-24-25-26-27-28-29-30-31-32-33-34-35-36-37-38-39-40-41-42-43-44-45-49(3)47(50)46(2)48(51)52-49/h13-14,47,50H,2,4-12,15-45H2,1,3H3/b14-13+/t47?,49-/m1/s1. The van der Waals surface area contributed by atoms with Crippen molar-refractivity contribution in [3.8, 4) is 0 Å². The topological polar surface area (TPSA) is 46.5 Å². The van der Waals surface area contributed by atoms with E-state index in [1.807, 2.05) is 6.92 Å². The van der Waals surface area contributed by atoms with E-state index in [-0.39, 0.29) is 5.57 Å². The predicted molar refractivity (Wildman–Crippen MR) is 229 cm³/mol. The summed E-state index contributed by atoms with van der Waals surface area (Å²) in [5.74, 6) is -0.439. The lowest BCUT2D eigenvalue weighted by Gasteiger charge is -2.25. The molecule has 1 fully saturated rings. The van der Waals surface area contributed by atoms with Crippen molar-refractivity contribution in [3.63, 3.8) is 0 Å². The number of hydrogen-bond donors (Lipinski definition) is 1. The zero-order valence-electron chi connectivity index (χ0n) is 35.5. The van der Waals surface area contributed by atoms with Crippen LogP contribution >= 0.6 is 0 Å². The van der Waals surface area contributed by atoms with Gasteiger partial charge in [-0.1, -0.05) is 244 Å². The van der Waals surface area contributed by atoms with E-state index >= 15 is 0 Å². The Balaban J connectivity index is 1.65. The summed E-state index contributed by atoms with van der Waals surface area (Å²) in [6.45, 7) is 7.78.